The summed E-state index contributed by atoms with van der Waals surface area (Å²) in [5, 5.41) is 9.43. The number of hydrazone groups is 1. The van der Waals surface area contributed by atoms with Crippen LogP contribution in [-0.2, 0) is 0 Å². The van der Waals surface area contributed by atoms with Crippen LogP contribution < -0.4 is 5.43 Å². The molecule has 3 aromatic rings. The van der Waals surface area contributed by atoms with Crippen LogP contribution in [0.25, 0.3) is 21.5 Å². The number of amidine groups is 1. The van der Waals surface area contributed by atoms with E-state index in [9.17, 15) is 0 Å². The Kier molecular flexibility index (Phi) is 5.67. The van der Waals surface area contributed by atoms with Crippen molar-refractivity contribution < 1.29 is 0 Å². The fourth-order valence-corrected chi connectivity index (χ4v) is 3.32. The zero-order valence-electron chi connectivity index (χ0n) is 14.1. The number of hydrogen-bond donors (Lipinski definition) is 1. The molecule has 0 saturated carbocycles. The van der Waals surface area contributed by atoms with E-state index in [-0.39, 0.29) is 12.4 Å². The van der Waals surface area contributed by atoms with Gasteiger partial charge in [-0.2, -0.15) is 5.10 Å². The summed E-state index contributed by atoms with van der Waals surface area (Å²) >= 11 is 0. The molecule has 1 N–H and O–H groups in total. The highest BCUT2D eigenvalue weighted by molar-refractivity contribution is 6.13. The lowest BCUT2D eigenvalue weighted by molar-refractivity contribution is 0.729. The number of rotatable bonds is 2. The van der Waals surface area contributed by atoms with Gasteiger partial charge < -0.3 is 0 Å². The zero-order valence-corrected chi connectivity index (χ0v) is 14.9. The molecule has 0 saturated heterocycles. The highest BCUT2D eigenvalue weighted by Crippen LogP contribution is 2.27. The van der Waals surface area contributed by atoms with Crippen LogP contribution in [0.1, 0.15) is 31.2 Å². The van der Waals surface area contributed by atoms with Crippen LogP contribution >= 0.6 is 12.4 Å². The summed E-state index contributed by atoms with van der Waals surface area (Å²) in [7, 11) is 0. The van der Waals surface area contributed by atoms with Gasteiger partial charge >= 0.3 is 0 Å². The molecular weight excluding hydrogens is 330 g/mol. The lowest BCUT2D eigenvalue weighted by atomic mass is 9.97. The van der Waals surface area contributed by atoms with E-state index in [4.69, 9.17) is 0 Å². The molecule has 3 aromatic carbocycles. The van der Waals surface area contributed by atoms with Gasteiger partial charge in [-0.05, 0) is 40.5 Å². The Morgan fingerprint density at radius 1 is 0.880 bits per heavy atom. The zero-order chi connectivity index (χ0) is 16.2. The molecular formula is C21H22ClN3. The van der Waals surface area contributed by atoms with Crippen molar-refractivity contribution in [2.75, 3.05) is 6.54 Å². The minimum atomic E-state index is 0. The predicted molar refractivity (Wildman–Crippen MR) is 110 cm³/mol. The van der Waals surface area contributed by atoms with Crippen LogP contribution in [0.5, 0.6) is 0 Å². The second kappa shape index (κ2) is 8.13. The van der Waals surface area contributed by atoms with Gasteiger partial charge in [-0.25, -0.2) is 0 Å². The normalized spacial score (nSPS) is 15.0. The molecule has 0 unspecified atom stereocenters. The molecule has 4 rings (SSSR count). The van der Waals surface area contributed by atoms with E-state index in [0.717, 1.165) is 24.4 Å². The van der Waals surface area contributed by atoms with Gasteiger partial charge in [0.15, 0.2) is 0 Å². The van der Waals surface area contributed by atoms with E-state index >= 15 is 0 Å². The third kappa shape index (κ3) is 3.83. The molecule has 1 heterocycles. The largest absolute Gasteiger partial charge is 0.271 e. The number of nitrogens with zero attached hydrogens (tertiary/aromatic N) is 2. The van der Waals surface area contributed by atoms with Gasteiger partial charge in [0.25, 0.3) is 0 Å². The fourth-order valence-electron chi connectivity index (χ4n) is 3.32. The van der Waals surface area contributed by atoms with Crippen LogP contribution in [0.2, 0.25) is 0 Å². The Hall–Kier alpha value is -2.39. The van der Waals surface area contributed by atoms with Gasteiger partial charge in [-0.15, -0.1) is 12.4 Å². The summed E-state index contributed by atoms with van der Waals surface area (Å²) in [4.78, 5) is 4.57. The molecule has 0 bridgehead atoms. The fraction of sp³-hybridized carbons (Fsp3) is 0.238. The van der Waals surface area contributed by atoms with Gasteiger partial charge in [0.05, 0.1) is 6.21 Å². The first kappa shape index (κ1) is 17.4. The van der Waals surface area contributed by atoms with Crippen molar-refractivity contribution in [3.63, 3.8) is 0 Å². The third-order valence-electron chi connectivity index (χ3n) is 4.57. The number of fused-ring (bicyclic) bond motifs is 2. The van der Waals surface area contributed by atoms with E-state index in [1.54, 1.807) is 0 Å². The SMILES string of the molecule is C(=NNC1=NCCCCC1)c1c2ccccc2cc2ccccc12.Cl. The first-order valence-corrected chi connectivity index (χ1v) is 8.65. The van der Waals surface area contributed by atoms with E-state index in [1.165, 1.54) is 40.8 Å². The van der Waals surface area contributed by atoms with Gasteiger partial charge in [0.1, 0.15) is 5.84 Å². The molecule has 0 aliphatic carbocycles. The summed E-state index contributed by atoms with van der Waals surface area (Å²) in [6.45, 7) is 0.912. The maximum atomic E-state index is 4.57. The van der Waals surface area contributed by atoms with Crippen LogP contribution in [0.15, 0.2) is 64.7 Å². The quantitative estimate of drug-likeness (QED) is 0.379. The van der Waals surface area contributed by atoms with Crippen molar-refractivity contribution >= 4 is 46.0 Å². The number of halogens is 1. The number of nitrogens with one attached hydrogen (secondary N) is 1. The lowest BCUT2D eigenvalue weighted by Crippen LogP contribution is -2.17. The summed E-state index contributed by atoms with van der Waals surface area (Å²) in [5.74, 6) is 1.01. The van der Waals surface area contributed by atoms with Gasteiger partial charge in [0.2, 0.25) is 0 Å². The highest BCUT2D eigenvalue weighted by atomic mass is 35.5. The van der Waals surface area contributed by atoms with Crippen molar-refractivity contribution in [3.8, 4) is 0 Å². The third-order valence-corrected chi connectivity index (χ3v) is 4.57. The maximum Gasteiger partial charge on any atom is 0.117 e. The van der Waals surface area contributed by atoms with Crippen molar-refractivity contribution in [2.45, 2.75) is 25.7 Å². The summed E-state index contributed by atoms with van der Waals surface area (Å²) in [5.41, 5.74) is 4.32. The Morgan fingerprint density at radius 3 is 2.28 bits per heavy atom. The molecule has 128 valence electrons. The molecule has 1 aliphatic heterocycles. The van der Waals surface area contributed by atoms with Crippen molar-refractivity contribution in [1.29, 1.82) is 0 Å². The second-order valence-corrected chi connectivity index (χ2v) is 6.24. The Labute approximate surface area is 154 Å². The second-order valence-electron chi connectivity index (χ2n) is 6.24. The first-order valence-electron chi connectivity index (χ1n) is 8.65. The summed E-state index contributed by atoms with van der Waals surface area (Å²) in [6.07, 6.45) is 6.57. The summed E-state index contributed by atoms with van der Waals surface area (Å²) in [6, 6.07) is 19.2. The minimum Gasteiger partial charge on any atom is -0.271 e. The number of aliphatic imine (C=N–C) groups is 1. The molecule has 3 nitrogen and oxygen atoms in total. The minimum absolute atomic E-state index is 0. The Bertz CT molecular complexity index is 877. The van der Waals surface area contributed by atoms with Crippen LogP contribution in [0.4, 0.5) is 0 Å². The predicted octanol–water partition coefficient (Wildman–Crippen LogP) is 5.31. The van der Waals surface area contributed by atoms with Crippen LogP contribution in [-0.4, -0.2) is 18.6 Å². The average Bonchev–Trinajstić information content (AvgIpc) is 2.90. The number of benzene rings is 3. The molecule has 0 amide bonds. The smallest absolute Gasteiger partial charge is 0.117 e. The molecule has 0 spiro atoms. The van der Waals surface area contributed by atoms with Gasteiger partial charge in [-0.1, -0.05) is 55.0 Å². The molecule has 1 aliphatic rings. The molecule has 4 heteroatoms. The molecule has 0 atom stereocenters. The molecule has 0 aromatic heterocycles. The summed E-state index contributed by atoms with van der Waals surface area (Å²) < 4.78 is 0. The highest BCUT2D eigenvalue weighted by Gasteiger charge is 2.06. The van der Waals surface area contributed by atoms with E-state index < -0.39 is 0 Å². The molecule has 0 radical (unpaired) electrons. The van der Waals surface area contributed by atoms with E-state index in [0.29, 0.717) is 0 Å². The Morgan fingerprint density at radius 2 is 1.56 bits per heavy atom. The van der Waals surface area contributed by atoms with Crippen molar-refractivity contribution in [3.05, 3.63) is 60.2 Å². The topological polar surface area (TPSA) is 36.8 Å². The average molecular weight is 352 g/mol. The molecule has 0 fully saturated rings. The van der Waals surface area contributed by atoms with Crippen LogP contribution in [0, 0.1) is 0 Å². The number of hydrogen-bond acceptors (Lipinski definition) is 3. The van der Waals surface area contributed by atoms with Gasteiger partial charge in [0, 0.05) is 18.5 Å². The Balaban J connectivity index is 0.00000182. The van der Waals surface area contributed by atoms with E-state index in [1.807, 2.05) is 6.21 Å². The van der Waals surface area contributed by atoms with E-state index in [2.05, 4.69) is 70.1 Å². The van der Waals surface area contributed by atoms with Gasteiger partial charge in [-0.3, -0.25) is 10.4 Å². The van der Waals surface area contributed by atoms with Crippen LogP contribution in [0.3, 0.4) is 0 Å². The first-order chi connectivity index (χ1) is 11.9. The molecule has 25 heavy (non-hydrogen) atoms. The van der Waals surface area contributed by atoms with Crippen molar-refractivity contribution in [2.24, 2.45) is 10.1 Å². The monoisotopic (exact) mass is 351 g/mol. The standard InChI is InChI=1S/C21H21N3.ClH/c1-2-12-21(22-13-7-1)24-23-15-20-18-10-5-3-8-16(18)14-17-9-4-6-11-19(17)20;/h3-6,8-11,14-15H,1-2,7,12-13H2,(H,22,24);1H. The lowest BCUT2D eigenvalue weighted by Gasteiger charge is -2.08. The van der Waals surface area contributed by atoms with Crippen molar-refractivity contribution in [1.82, 2.24) is 5.43 Å². The maximum absolute atomic E-state index is 4.57.